The normalized spacial score (nSPS) is 27.9. The third-order valence-electron chi connectivity index (χ3n) is 3.66. The average Bonchev–Trinajstić information content (AvgIpc) is 2.90. The summed E-state index contributed by atoms with van der Waals surface area (Å²) < 4.78 is 58.1. The number of hydrogen-bond donors (Lipinski definition) is 6. The third kappa shape index (κ3) is 6.69. The number of terminal acetylenes is 1. The van der Waals surface area contributed by atoms with E-state index in [1.165, 1.54) is 0 Å². The summed E-state index contributed by atoms with van der Waals surface area (Å²) in [7, 11) is -16.8. The maximum Gasteiger partial charge on any atom is 0.490 e. The molecule has 15 nitrogen and oxygen atoms in total. The van der Waals surface area contributed by atoms with Crippen LogP contribution in [0.3, 0.4) is 0 Å². The topological polar surface area (TPSA) is 241 Å². The van der Waals surface area contributed by atoms with Crippen molar-refractivity contribution in [1.82, 2.24) is 9.55 Å². The fourth-order valence-electron chi connectivity index (χ4n) is 2.37. The molecule has 20 heteroatoms. The predicted octanol–water partition coefficient (Wildman–Crippen LogP) is -0.324. The molecule has 0 amide bonds. The SMILES string of the molecule is C#CC1(COP(=O)(O)OP(=O)(O)OP(=O)(O)O)SC(n2cc(F)c(N)nc2=O)CC1O. The van der Waals surface area contributed by atoms with Gasteiger partial charge in [-0.3, -0.25) is 9.09 Å². The highest BCUT2D eigenvalue weighted by molar-refractivity contribution is 8.01. The molecule has 1 fully saturated rings. The number of aromatic nitrogens is 2. The number of nitrogen functional groups attached to an aromatic ring is 1. The van der Waals surface area contributed by atoms with Gasteiger partial charge in [-0.05, 0) is 0 Å². The fourth-order valence-corrected chi connectivity index (χ4v) is 6.99. The Bertz CT molecular complexity index is 1100. The number of phosphoric acid groups is 3. The predicted molar refractivity (Wildman–Crippen MR) is 101 cm³/mol. The lowest BCUT2D eigenvalue weighted by molar-refractivity contribution is 0.105. The minimum absolute atomic E-state index is 0.264. The highest BCUT2D eigenvalue weighted by Gasteiger charge is 2.50. The number of aliphatic hydroxyl groups is 1. The van der Waals surface area contributed by atoms with Gasteiger partial charge in [-0.1, -0.05) is 5.92 Å². The van der Waals surface area contributed by atoms with Crippen LogP contribution in [-0.2, 0) is 26.8 Å². The Hall–Kier alpha value is -1.11. The summed E-state index contributed by atoms with van der Waals surface area (Å²) in [6.45, 7) is -1.00. The quantitative estimate of drug-likeness (QED) is 0.188. The average molecular weight is 525 g/mol. The lowest BCUT2D eigenvalue weighted by Gasteiger charge is -2.26. The second-order valence-electron chi connectivity index (χ2n) is 5.89. The molecule has 7 N–H and O–H groups in total. The Morgan fingerprint density at radius 3 is 2.48 bits per heavy atom. The molecule has 0 aromatic carbocycles. The molecule has 1 aromatic rings. The number of thioether (sulfide) groups is 1. The van der Waals surface area contributed by atoms with Crippen molar-refractivity contribution in [3.8, 4) is 12.3 Å². The molecular weight excluding hydrogens is 510 g/mol. The highest BCUT2D eigenvalue weighted by atomic mass is 32.2. The number of nitrogens with zero attached hydrogens (tertiary/aromatic N) is 2. The first kappa shape index (κ1) is 26.1. The fraction of sp³-hybridized carbons (Fsp3) is 0.455. The minimum atomic E-state index is -5.75. The molecule has 1 aliphatic rings. The van der Waals surface area contributed by atoms with E-state index in [1.54, 1.807) is 0 Å². The largest absolute Gasteiger partial charge is 0.490 e. The smallest absolute Gasteiger partial charge is 0.390 e. The van der Waals surface area contributed by atoms with E-state index >= 15 is 0 Å². The zero-order valence-corrected chi connectivity index (χ0v) is 18.4. The molecular formula is C11H15FN3O12P3S. The Balaban J connectivity index is 2.18. The van der Waals surface area contributed by atoms with Gasteiger partial charge in [0.05, 0.1) is 18.1 Å². The summed E-state index contributed by atoms with van der Waals surface area (Å²) in [5.41, 5.74) is 4.23. The summed E-state index contributed by atoms with van der Waals surface area (Å²) in [4.78, 5) is 50.9. The van der Waals surface area contributed by atoms with E-state index in [4.69, 9.17) is 26.8 Å². The molecule has 5 unspecified atom stereocenters. The molecule has 2 heterocycles. The van der Waals surface area contributed by atoms with Crippen LogP contribution in [0.4, 0.5) is 10.2 Å². The molecule has 31 heavy (non-hydrogen) atoms. The van der Waals surface area contributed by atoms with Gasteiger partial charge < -0.3 is 30.4 Å². The molecule has 1 aromatic heterocycles. The van der Waals surface area contributed by atoms with Crippen molar-refractivity contribution < 1.29 is 55.9 Å². The van der Waals surface area contributed by atoms with Gasteiger partial charge in [-0.15, -0.1) is 18.2 Å². The molecule has 1 saturated heterocycles. The van der Waals surface area contributed by atoms with Crippen LogP contribution in [0, 0.1) is 18.2 Å². The van der Waals surface area contributed by atoms with Crippen molar-refractivity contribution >= 4 is 41.0 Å². The molecule has 2 rings (SSSR count). The monoisotopic (exact) mass is 525 g/mol. The van der Waals surface area contributed by atoms with Gasteiger partial charge in [-0.25, -0.2) is 22.9 Å². The number of phosphoric ester groups is 1. The van der Waals surface area contributed by atoms with Crippen LogP contribution in [0.5, 0.6) is 0 Å². The van der Waals surface area contributed by atoms with Crippen LogP contribution in [0.2, 0.25) is 0 Å². The first-order chi connectivity index (χ1) is 14.0. The zero-order valence-electron chi connectivity index (χ0n) is 14.9. The first-order valence-electron chi connectivity index (χ1n) is 7.65. The zero-order chi connectivity index (χ0) is 23.8. The number of nitrogens with two attached hydrogens (primary N) is 1. The molecule has 0 saturated carbocycles. The van der Waals surface area contributed by atoms with E-state index in [2.05, 4.69) is 24.0 Å². The van der Waals surface area contributed by atoms with Gasteiger partial charge in [-0.2, -0.15) is 13.6 Å². The lowest BCUT2D eigenvalue weighted by atomic mass is 10.0. The molecule has 174 valence electrons. The first-order valence-corrected chi connectivity index (χ1v) is 13.1. The van der Waals surface area contributed by atoms with Crippen molar-refractivity contribution in [1.29, 1.82) is 0 Å². The van der Waals surface area contributed by atoms with Gasteiger partial charge in [0.2, 0.25) is 0 Å². The van der Waals surface area contributed by atoms with E-state index < -0.39 is 63.6 Å². The minimum Gasteiger partial charge on any atom is -0.390 e. The maximum absolute atomic E-state index is 13.7. The van der Waals surface area contributed by atoms with E-state index in [9.17, 15) is 32.9 Å². The summed E-state index contributed by atoms with van der Waals surface area (Å²) >= 11 is 0.646. The highest BCUT2D eigenvalue weighted by Crippen LogP contribution is 2.66. The molecule has 0 spiro atoms. The number of hydrogen-bond acceptors (Lipinski definition) is 11. The Labute approximate surface area is 176 Å². The van der Waals surface area contributed by atoms with Crippen molar-refractivity contribution in [2.24, 2.45) is 0 Å². The lowest BCUT2D eigenvalue weighted by Crippen LogP contribution is -2.37. The van der Waals surface area contributed by atoms with Gasteiger partial charge in [0.15, 0.2) is 11.6 Å². The van der Waals surface area contributed by atoms with Crippen molar-refractivity contribution in [2.45, 2.75) is 22.6 Å². The van der Waals surface area contributed by atoms with Crippen LogP contribution in [0.25, 0.3) is 0 Å². The summed E-state index contributed by atoms with van der Waals surface area (Å²) in [6, 6.07) is 0. The van der Waals surface area contributed by atoms with Crippen molar-refractivity contribution in [3.63, 3.8) is 0 Å². The van der Waals surface area contributed by atoms with Gasteiger partial charge >= 0.3 is 29.2 Å². The number of rotatable bonds is 8. The van der Waals surface area contributed by atoms with Crippen LogP contribution in [0.15, 0.2) is 11.0 Å². The number of halogens is 1. The van der Waals surface area contributed by atoms with E-state index in [0.29, 0.717) is 11.8 Å². The van der Waals surface area contributed by atoms with Crippen molar-refractivity contribution in [2.75, 3.05) is 12.3 Å². The summed E-state index contributed by atoms with van der Waals surface area (Å²) in [5, 5.41) is 9.32. The molecule has 1 aliphatic heterocycles. The molecule has 0 radical (unpaired) electrons. The van der Waals surface area contributed by atoms with E-state index in [1.807, 2.05) is 0 Å². The van der Waals surface area contributed by atoms with Gasteiger partial charge in [0, 0.05) is 12.6 Å². The van der Waals surface area contributed by atoms with Crippen LogP contribution < -0.4 is 11.4 Å². The van der Waals surface area contributed by atoms with Gasteiger partial charge in [0.1, 0.15) is 4.75 Å². The Kier molecular flexibility index (Phi) is 7.61. The molecule has 0 aliphatic carbocycles. The van der Waals surface area contributed by atoms with Crippen molar-refractivity contribution in [3.05, 3.63) is 22.5 Å². The number of aliphatic hydroxyl groups excluding tert-OH is 1. The second-order valence-corrected chi connectivity index (χ2v) is 11.8. The van der Waals surface area contributed by atoms with E-state index in [0.717, 1.165) is 10.8 Å². The van der Waals surface area contributed by atoms with E-state index in [-0.39, 0.29) is 6.42 Å². The summed E-state index contributed by atoms with van der Waals surface area (Å²) in [6.07, 6.45) is 4.35. The van der Waals surface area contributed by atoms with Gasteiger partial charge in [0.25, 0.3) is 0 Å². The Morgan fingerprint density at radius 2 is 1.94 bits per heavy atom. The molecule has 0 bridgehead atoms. The molecule has 5 atom stereocenters. The standard InChI is InChI=1S/C11H15FN3O12P3S/c1-2-11(5-25-29(21,22)27-30(23,24)26-28(18,19)20)7(16)3-8(31-11)15-4-6(12)9(13)14-10(15)17/h1,4,7-8,16H,3,5H2,(H,21,22)(H,23,24)(H2,13,14,17)(H2,18,19,20). The maximum atomic E-state index is 13.7. The number of anilines is 1. The summed E-state index contributed by atoms with van der Waals surface area (Å²) in [5.74, 6) is 0.426. The van der Waals surface area contributed by atoms with Crippen LogP contribution in [-0.4, -0.2) is 51.7 Å². The van der Waals surface area contributed by atoms with Crippen LogP contribution in [0.1, 0.15) is 11.8 Å². The Morgan fingerprint density at radius 1 is 1.32 bits per heavy atom. The third-order valence-corrected chi connectivity index (χ3v) is 9.06. The second kappa shape index (κ2) is 9.03. The van der Waals surface area contributed by atoms with Crippen LogP contribution >= 0.6 is 35.2 Å².